The molecular formula is C11H10S. The van der Waals surface area contributed by atoms with Crippen molar-refractivity contribution in [2.75, 3.05) is 0 Å². The third-order valence-electron chi connectivity index (χ3n) is 1.91. The van der Waals surface area contributed by atoms with Gasteiger partial charge in [0.2, 0.25) is 0 Å². The van der Waals surface area contributed by atoms with Crippen LogP contribution in [0.3, 0.4) is 0 Å². The highest BCUT2D eigenvalue weighted by Crippen LogP contribution is 2.21. The lowest BCUT2D eigenvalue weighted by Gasteiger charge is -1.97. The second kappa shape index (κ2) is 3.11. The van der Waals surface area contributed by atoms with Crippen molar-refractivity contribution in [1.29, 1.82) is 0 Å². The van der Waals surface area contributed by atoms with Gasteiger partial charge in [-0.3, -0.25) is 0 Å². The fourth-order valence-electron chi connectivity index (χ4n) is 1.17. The smallest absolute Gasteiger partial charge is 0.00147 e. The van der Waals surface area contributed by atoms with E-state index in [9.17, 15) is 0 Å². The first-order valence-electron chi connectivity index (χ1n) is 3.95. The van der Waals surface area contributed by atoms with Gasteiger partial charge in [0.1, 0.15) is 0 Å². The number of hydrogen-bond acceptors (Lipinski definition) is 1. The zero-order chi connectivity index (χ0) is 8.39. The quantitative estimate of drug-likeness (QED) is 0.618. The van der Waals surface area contributed by atoms with Crippen molar-refractivity contribution >= 4 is 11.3 Å². The minimum Gasteiger partial charge on any atom is -0.152 e. The number of benzene rings is 1. The van der Waals surface area contributed by atoms with Gasteiger partial charge in [-0.05, 0) is 34.9 Å². The molecule has 0 fully saturated rings. The molecule has 0 bridgehead atoms. The Morgan fingerprint density at radius 1 is 0.917 bits per heavy atom. The second-order valence-corrected chi connectivity index (χ2v) is 3.66. The molecule has 0 amide bonds. The minimum atomic E-state index is 1.31. The lowest BCUT2D eigenvalue weighted by Crippen LogP contribution is -1.73. The van der Waals surface area contributed by atoms with Gasteiger partial charge in [0.25, 0.3) is 0 Å². The summed E-state index contributed by atoms with van der Waals surface area (Å²) in [4.78, 5) is 0. The van der Waals surface area contributed by atoms with Crippen molar-refractivity contribution in [2.45, 2.75) is 6.92 Å². The molecule has 1 aromatic heterocycles. The first-order chi connectivity index (χ1) is 5.86. The van der Waals surface area contributed by atoms with Crippen LogP contribution in [0.2, 0.25) is 0 Å². The van der Waals surface area contributed by atoms with E-state index in [0.29, 0.717) is 0 Å². The molecule has 0 atom stereocenters. The first-order valence-corrected chi connectivity index (χ1v) is 4.90. The molecule has 1 heterocycles. The van der Waals surface area contributed by atoms with Crippen LogP contribution in [-0.4, -0.2) is 0 Å². The Bertz CT molecular complexity index is 343. The maximum absolute atomic E-state index is 2.17. The van der Waals surface area contributed by atoms with Gasteiger partial charge in [0.15, 0.2) is 0 Å². The molecule has 0 nitrogen and oxygen atoms in total. The highest BCUT2D eigenvalue weighted by atomic mass is 32.1. The molecule has 0 saturated heterocycles. The predicted octanol–water partition coefficient (Wildman–Crippen LogP) is 3.72. The van der Waals surface area contributed by atoms with Crippen LogP contribution >= 0.6 is 11.3 Å². The molecule has 1 aromatic carbocycles. The van der Waals surface area contributed by atoms with Gasteiger partial charge in [0, 0.05) is 0 Å². The van der Waals surface area contributed by atoms with Gasteiger partial charge in [-0.2, -0.15) is 11.3 Å². The molecule has 2 aromatic rings. The van der Waals surface area contributed by atoms with Crippen LogP contribution in [0.5, 0.6) is 0 Å². The molecule has 1 heteroatoms. The minimum absolute atomic E-state index is 1.31. The second-order valence-electron chi connectivity index (χ2n) is 2.88. The van der Waals surface area contributed by atoms with Crippen molar-refractivity contribution in [3.63, 3.8) is 0 Å². The lowest BCUT2D eigenvalue weighted by atomic mass is 10.1. The van der Waals surface area contributed by atoms with Crippen molar-refractivity contribution in [2.24, 2.45) is 0 Å². The number of thiophene rings is 1. The van der Waals surface area contributed by atoms with Crippen LogP contribution in [0.1, 0.15) is 5.56 Å². The topological polar surface area (TPSA) is 0 Å². The summed E-state index contributed by atoms with van der Waals surface area (Å²) >= 11 is 1.74. The third kappa shape index (κ3) is 1.41. The lowest BCUT2D eigenvalue weighted by molar-refractivity contribution is 1.47. The summed E-state index contributed by atoms with van der Waals surface area (Å²) in [5.74, 6) is 0. The molecule has 0 aliphatic rings. The average molecular weight is 174 g/mol. The normalized spacial score (nSPS) is 10.1. The third-order valence-corrected chi connectivity index (χ3v) is 2.59. The molecule has 0 aliphatic carbocycles. The predicted molar refractivity (Wildman–Crippen MR) is 54.5 cm³/mol. The van der Waals surface area contributed by atoms with E-state index in [1.807, 2.05) is 0 Å². The van der Waals surface area contributed by atoms with Crippen LogP contribution in [0.4, 0.5) is 0 Å². The zero-order valence-electron chi connectivity index (χ0n) is 6.95. The molecule has 0 unspecified atom stereocenters. The van der Waals surface area contributed by atoms with Crippen LogP contribution in [0.15, 0.2) is 41.1 Å². The summed E-state index contributed by atoms with van der Waals surface area (Å²) in [7, 11) is 0. The van der Waals surface area contributed by atoms with Gasteiger partial charge in [-0.25, -0.2) is 0 Å². The van der Waals surface area contributed by atoms with Crippen molar-refractivity contribution in [3.05, 3.63) is 46.7 Å². The molecule has 0 spiro atoms. The SMILES string of the molecule is Cc1ccc(-c2ccsc2)cc1. The summed E-state index contributed by atoms with van der Waals surface area (Å²) in [6.07, 6.45) is 0. The van der Waals surface area contributed by atoms with Crippen LogP contribution in [-0.2, 0) is 0 Å². The van der Waals surface area contributed by atoms with E-state index in [-0.39, 0.29) is 0 Å². The van der Waals surface area contributed by atoms with E-state index in [1.54, 1.807) is 11.3 Å². The Balaban J connectivity index is 2.43. The van der Waals surface area contributed by atoms with Crippen molar-refractivity contribution < 1.29 is 0 Å². The standard InChI is InChI=1S/C11H10S/c1-9-2-4-10(5-3-9)11-6-7-12-8-11/h2-8H,1H3. The number of aryl methyl sites for hydroxylation is 1. The fourth-order valence-corrected chi connectivity index (χ4v) is 1.84. The molecule has 12 heavy (non-hydrogen) atoms. The van der Waals surface area contributed by atoms with Gasteiger partial charge < -0.3 is 0 Å². The number of rotatable bonds is 1. The summed E-state index contributed by atoms with van der Waals surface area (Å²) in [5.41, 5.74) is 3.94. The molecule has 0 radical (unpaired) electrons. The van der Waals surface area contributed by atoms with Crippen LogP contribution in [0.25, 0.3) is 11.1 Å². The van der Waals surface area contributed by atoms with E-state index in [0.717, 1.165) is 0 Å². The molecule has 0 saturated carbocycles. The average Bonchev–Trinajstić information content (AvgIpc) is 2.58. The van der Waals surface area contributed by atoms with Gasteiger partial charge in [-0.15, -0.1) is 0 Å². The van der Waals surface area contributed by atoms with Crippen molar-refractivity contribution in [1.82, 2.24) is 0 Å². The molecule has 60 valence electrons. The highest BCUT2D eigenvalue weighted by molar-refractivity contribution is 7.08. The maximum atomic E-state index is 2.17. The molecular weight excluding hydrogens is 164 g/mol. The van der Waals surface area contributed by atoms with E-state index in [2.05, 4.69) is 48.0 Å². The monoisotopic (exact) mass is 174 g/mol. The Hall–Kier alpha value is -1.08. The Kier molecular flexibility index (Phi) is 1.96. The zero-order valence-corrected chi connectivity index (χ0v) is 7.77. The van der Waals surface area contributed by atoms with E-state index >= 15 is 0 Å². The molecule has 0 aliphatic heterocycles. The Morgan fingerprint density at radius 3 is 2.25 bits per heavy atom. The summed E-state index contributed by atoms with van der Waals surface area (Å²) in [5, 5.41) is 4.28. The first kappa shape index (κ1) is 7.56. The Labute approximate surface area is 76.5 Å². The largest absolute Gasteiger partial charge is 0.152 e. The molecule has 0 N–H and O–H groups in total. The number of hydrogen-bond donors (Lipinski definition) is 0. The van der Waals surface area contributed by atoms with E-state index in [4.69, 9.17) is 0 Å². The van der Waals surface area contributed by atoms with E-state index in [1.165, 1.54) is 16.7 Å². The summed E-state index contributed by atoms with van der Waals surface area (Å²) in [6.45, 7) is 2.11. The molecule has 2 rings (SSSR count). The van der Waals surface area contributed by atoms with Gasteiger partial charge in [0.05, 0.1) is 0 Å². The highest BCUT2D eigenvalue weighted by Gasteiger charge is 1.95. The van der Waals surface area contributed by atoms with Crippen LogP contribution in [0, 0.1) is 6.92 Å². The van der Waals surface area contributed by atoms with Gasteiger partial charge >= 0.3 is 0 Å². The van der Waals surface area contributed by atoms with Crippen molar-refractivity contribution in [3.8, 4) is 11.1 Å². The summed E-state index contributed by atoms with van der Waals surface area (Å²) in [6, 6.07) is 10.8. The van der Waals surface area contributed by atoms with Crippen LogP contribution < -0.4 is 0 Å². The maximum Gasteiger partial charge on any atom is -0.00147 e. The Morgan fingerprint density at radius 2 is 1.67 bits per heavy atom. The summed E-state index contributed by atoms with van der Waals surface area (Å²) < 4.78 is 0. The van der Waals surface area contributed by atoms with E-state index < -0.39 is 0 Å². The fraction of sp³-hybridized carbons (Fsp3) is 0.0909. The van der Waals surface area contributed by atoms with Gasteiger partial charge in [-0.1, -0.05) is 29.8 Å².